The standard InChI is InChI=1S/C20H25N3O3/c24-12-4-9-23(16-17-5-3-8-21-15-17)20(25)18-6-1-2-7-19(18)22-10-13-26-14-11-22/h1-3,5-8,15,24H,4,9-14,16H2. The Kier molecular flexibility index (Phi) is 6.57. The number of morpholine rings is 1. The molecular formula is C20H25N3O3. The minimum Gasteiger partial charge on any atom is -0.396 e. The SMILES string of the molecule is O=C(c1ccccc1N1CCOCC1)N(CCCO)Cc1cccnc1. The quantitative estimate of drug-likeness (QED) is 0.822. The minimum absolute atomic E-state index is 0.0237. The number of carbonyl (C=O) groups excluding carboxylic acids is 1. The number of amides is 1. The van der Waals surface area contributed by atoms with Crippen LogP contribution in [0.1, 0.15) is 22.3 Å². The highest BCUT2D eigenvalue weighted by molar-refractivity contribution is 5.99. The number of anilines is 1. The van der Waals surface area contributed by atoms with E-state index in [0.29, 0.717) is 38.3 Å². The molecule has 138 valence electrons. The van der Waals surface area contributed by atoms with Crippen LogP contribution in [0.2, 0.25) is 0 Å². The summed E-state index contributed by atoms with van der Waals surface area (Å²) in [4.78, 5) is 21.4. The van der Waals surface area contributed by atoms with Gasteiger partial charge >= 0.3 is 0 Å². The van der Waals surface area contributed by atoms with Crippen molar-refractivity contribution in [1.29, 1.82) is 0 Å². The Balaban J connectivity index is 1.84. The Hall–Kier alpha value is -2.44. The van der Waals surface area contributed by atoms with Gasteiger partial charge in [-0.3, -0.25) is 9.78 Å². The van der Waals surface area contributed by atoms with Gasteiger partial charge in [0.25, 0.3) is 5.91 Å². The summed E-state index contributed by atoms with van der Waals surface area (Å²) in [6.07, 6.45) is 4.04. The van der Waals surface area contributed by atoms with Crippen molar-refractivity contribution >= 4 is 11.6 Å². The van der Waals surface area contributed by atoms with Gasteiger partial charge in [0.2, 0.25) is 0 Å². The molecule has 0 radical (unpaired) electrons. The lowest BCUT2D eigenvalue weighted by molar-refractivity contribution is 0.0731. The molecule has 3 rings (SSSR count). The van der Waals surface area contributed by atoms with Crippen LogP contribution in [0, 0.1) is 0 Å². The normalized spacial score (nSPS) is 14.3. The number of aromatic nitrogens is 1. The van der Waals surface area contributed by atoms with Crippen LogP contribution in [-0.2, 0) is 11.3 Å². The molecule has 0 bridgehead atoms. The van der Waals surface area contributed by atoms with Crippen molar-refractivity contribution in [2.75, 3.05) is 44.4 Å². The molecule has 6 heteroatoms. The highest BCUT2D eigenvalue weighted by Gasteiger charge is 2.22. The third kappa shape index (κ3) is 4.59. The minimum atomic E-state index is -0.0237. The molecule has 0 unspecified atom stereocenters. The van der Waals surface area contributed by atoms with Gasteiger partial charge in [-0.2, -0.15) is 0 Å². The first kappa shape index (κ1) is 18.4. The molecule has 1 N–H and O–H groups in total. The first-order valence-corrected chi connectivity index (χ1v) is 9.00. The van der Waals surface area contributed by atoms with Gasteiger partial charge in [-0.1, -0.05) is 18.2 Å². The zero-order valence-corrected chi connectivity index (χ0v) is 14.9. The zero-order chi connectivity index (χ0) is 18.2. The third-order valence-corrected chi connectivity index (χ3v) is 4.46. The van der Waals surface area contributed by atoms with Gasteiger partial charge in [-0.15, -0.1) is 0 Å². The summed E-state index contributed by atoms with van der Waals surface area (Å²) in [6, 6.07) is 11.5. The van der Waals surface area contributed by atoms with Crippen molar-refractivity contribution < 1.29 is 14.6 Å². The summed E-state index contributed by atoms with van der Waals surface area (Å²) in [5.41, 5.74) is 2.61. The highest BCUT2D eigenvalue weighted by Crippen LogP contribution is 2.23. The molecule has 1 aliphatic heterocycles. The third-order valence-electron chi connectivity index (χ3n) is 4.46. The van der Waals surface area contributed by atoms with Gasteiger partial charge < -0.3 is 19.6 Å². The lowest BCUT2D eigenvalue weighted by Gasteiger charge is -2.31. The van der Waals surface area contributed by atoms with Crippen molar-refractivity contribution in [2.45, 2.75) is 13.0 Å². The summed E-state index contributed by atoms with van der Waals surface area (Å²) in [7, 11) is 0. The number of nitrogens with zero attached hydrogens (tertiary/aromatic N) is 3. The fraction of sp³-hybridized carbons (Fsp3) is 0.400. The first-order valence-electron chi connectivity index (χ1n) is 9.00. The summed E-state index contributed by atoms with van der Waals surface area (Å²) in [5, 5.41) is 9.22. The number of hydrogen-bond donors (Lipinski definition) is 1. The molecule has 1 saturated heterocycles. The largest absolute Gasteiger partial charge is 0.396 e. The molecule has 1 aliphatic rings. The summed E-state index contributed by atoms with van der Waals surface area (Å²) >= 11 is 0. The van der Waals surface area contributed by atoms with Gasteiger partial charge in [0.1, 0.15) is 0 Å². The molecule has 26 heavy (non-hydrogen) atoms. The Bertz CT molecular complexity index is 702. The first-order chi connectivity index (χ1) is 12.8. The fourth-order valence-corrected chi connectivity index (χ4v) is 3.13. The molecule has 0 aliphatic carbocycles. The summed E-state index contributed by atoms with van der Waals surface area (Å²) in [6.45, 7) is 3.94. The van der Waals surface area contributed by atoms with Crippen molar-refractivity contribution in [3.8, 4) is 0 Å². The predicted octanol–water partition coefficient (Wildman–Crippen LogP) is 1.94. The van der Waals surface area contributed by atoms with Gasteiger partial charge in [0, 0.05) is 50.9 Å². The van der Waals surface area contributed by atoms with Crippen LogP contribution >= 0.6 is 0 Å². The second-order valence-corrected chi connectivity index (χ2v) is 6.28. The fourth-order valence-electron chi connectivity index (χ4n) is 3.13. The molecule has 0 saturated carbocycles. The maximum Gasteiger partial charge on any atom is 0.256 e. The average Bonchev–Trinajstić information content (AvgIpc) is 2.72. The molecular weight excluding hydrogens is 330 g/mol. The van der Waals surface area contributed by atoms with Crippen molar-refractivity contribution in [3.63, 3.8) is 0 Å². The second-order valence-electron chi connectivity index (χ2n) is 6.28. The van der Waals surface area contributed by atoms with Crippen molar-refractivity contribution in [2.24, 2.45) is 0 Å². The molecule has 1 aromatic carbocycles. The van der Waals surface area contributed by atoms with E-state index in [1.165, 1.54) is 0 Å². The summed E-state index contributed by atoms with van der Waals surface area (Å²) in [5.74, 6) is -0.0237. The number of rotatable bonds is 7. The van der Waals surface area contributed by atoms with Gasteiger partial charge in [0.15, 0.2) is 0 Å². The van der Waals surface area contributed by atoms with Crippen LogP contribution in [-0.4, -0.2) is 60.4 Å². The second kappa shape index (κ2) is 9.31. The molecule has 2 heterocycles. The molecule has 2 aromatic rings. The highest BCUT2D eigenvalue weighted by atomic mass is 16.5. The molecule has 1 fully saturated rings. The van der Waals surface area contributed by atoms with Crippen LogP contribution in [0.5, 0.6) is 0 Å². The number of pyridine rings is 1. The number of benzene rings is 1. The maximum atomic E-state index is 13.3. The monoisotopic (exact) mass is 355 g/mol. The van der Waals surface area contributed by atoms with E-state index in [0.717, 1.165) is 24.3 Å². The number of para-hydroxylation sites is 1. The molecule has 0 spiro atoms. The molecule has 1 aromatic heterocycles. The molecule has 1 amide bonds. The van der Waals surface area contributed by atoms with E-state index in [2.05, 4.69) is 9.88 Å². The number of hydrogen-bond acceptors (Lipinski definition) is 5. The Labute approximate surface area is 154 Å². The van der Waals surface area contributed by atoms with Crippen LogP contribution in [0.3, 0.4) is 0 Å². The Morgan fingerprint density at radius 1 is 1.19 bits per heavy atom. The number of aliphatic hydroxyl groups is 1. The van der Waals surface area contributed by atoms with E-state index in [-0.39, 0.29) is 12.5 Å². The van der Waals surface area contributed by atoms with E-state index in [1.807, 2.05) is 36.4 Å². The van der Waals surface area contributed by atoms with Gasteiger partial charge in [0.05, 0.1) is 18.8 Å². The van der Waals surface area contributed by atoms with E-state index in [4.69, 9.17) is 4.74 Å². The Morgan fingerprint density at radius 2 is 2.00 bits per heavy atom. The average molecular weight is 355 g/mol. The number of ether oxygens (including phenoxy) is 1. The van der Waals surface area contributed by atoms with Crippen LogP contribution in [0.4, 0.5) is 5.69 Å². The lowest BCUT2D eigenvalue weighted by atomic mass is 10.1. The van der Waals surface area contributed by atoms with Crippen LogP contribution in [0.25, 0.3) is 0 Å². The van der Waals surface area contributed by atoms with Crippen molar-refractivity contribution in [1.82, 2.24) is 9.88 Å². The van der Waals surface area contributed by atoms with E-state index < -0.39 is 0 Å². The van der Waals surface area contributed by atoms with E-state index in [1.54, 1.807) is 17.3 Å². The van der Waals surface area contributed by atoms with Gasteiger partial charge in [-0.05, 0) is 30.2 Å². The smallest absolute Gasteiger partial charge is 0.256 e. The maximum absolute atomic E-state index is 13.3. The Morgan fingerprint density at radius 3 is 2.73 bits per heavy atom. The number of carbonyl (C=O) groups is 1. The predicted molar refractivity (Wildman–Crippen MR) is 100 cm³/mol. The molecule has 6 nitrogen and oxygen atoms in total. The topological polar surface area (TPSA) is 65.9 Å². The van der Waals surface area contributed by atoms with Crippen LogP contribution < -0.4 is 4.90 Å². The van der Waals surface area contributed by atoms with Gasteiger partial charge in [-0.25, -0.2) is 0 Å². The van der Waals surface area contributed by atoms with Crippen molar-refractivity contribution in [3.05, 3.63) is 59.9 Å². The van der Waals surface area contributed by atoms with Crippen LogP contribution in [0.15, 0.2) is 48.8 Å². The zero-order valence-electron chi connectivity index (χ0n) is 14.9. The van der Waals surface area contributed by atoms with E-state index >= 15 is 0 Å². The van der Waals surface area contributed by atoms with E-state index in [9.17, 15) is 9.90 Å². The molecule has 0 atom stereocenters. The summed E-state index contributed by atoms with van der Waals surface area (Å²) < 4.78 is 5.43. The lowest BCUT2D eigenvalue weighted by Crippen LogP contribution is -2.38. The number of aliphatic hydroxyl groups excluding tert-OH is 1.